The van der Waals surface area contributed by atoms with Gasteiger partial charge in [-0.15, -0.1) is 0 Å². The summed E-state index contributed by atoms with van der Waals surface area (Å²) in [6.07, 6.45) is 13.9. The highest BCUT2D eigenvalue weighted by Gasteiger charge is 2.27. The van der Waals surface area contributed by atoms with Crippen LogP contribution in [-0.4, -0.2) is 74.9 Å². The van der Waals surface area contributed by atoms with Gasteiger partial charge in [0.2, 0.25) is 0 Å². The minimum absolute atomic E-state index is 0.416. The summed E-state index contributed by atoms with van der Waals surface area (Å²) in [5.41, 5.74) is 12.7. The van der Waals surface area contributed by atoms with Gasteiger partial charge in [-0.25, -0.2) is 11.0 Å². The molecule has 59 heavy (non-hydrogen) atoms. The number of likely N-dealkylation sites (tertiary alicyclic amines) is 2. The Morgan fingerprint density at radius 3 is 1.95 bits per heavy atom. The first-order chi connectivity index (χ1) is 28.8. The van der Waals surface area contributed by atoms with Crippen LogP contribution in [0.1, 0.15) is 71.3 Å². The van der Waals surface area contributed by atoms with Gasteiger partial charge in [0.25, 0.3) is 11.8 Å². The average Bonchev–Trinajstić information content (AvgIpc) is 4.10. The fourth-order valence-corrected chi connectivity index (χ4v) is 8.66. The number of amides is 2. The molecule has 8 rings (SSSR count). The number of hydrogen-bond donors (Lipinski definition) is 5. The largest absolute Gasteiger partial charge is 0.497 e. The first kappa shape index (κ1) is 41.2. The van der Waals surface area contributed by atoms with Gasteiger partial charge in [-0.05, 0) is 128 Å². The number of para-hydroxylation sites is 1. The third kappa shape index (κ3) is 10.2. The summed E-state index contributed by atoms with van der Waals surface area (Å²) >= 11 is 0. The Morgan fingerprint density at radius 1 is 0.763 bits per heavy atom. The predicted octanol–water partition coefficient (Wildman–Crippen LogP) is 8.38. The number of carbonyl (C=O) groups excluding carboxylic acids is 2. The summed E-state index contributed by atoms with van der Waals surface area (Å²) in [6.45, 7) is 7.40. The molecule has 2 aliphatic rings. The Labute approximate surface area is 345 Å². The van der Waals surface area contributed by atoms with Gasteiger partial charge in [-0.2, -0.15) is 0 Å². The van der Waals surface area contributed by atoms with Crippen molar-refractivity contribution < 1.29 is 24.7 Å². The number of aromatic amines is 1. The van der Waals surface area contributed by atoms with E-state index in [0.717, 1.165) is 68.0 Å². The maximum absolute atomic E-state index is 11.2. The second-order valence-electron chi connectivity index (χ2n) is 15.3. The molecule has 2 fully saturated rings. The monoisotopic (exact) mass is 794 g/mol. The molecule has 0 saturated carbocycles. The zero-order valence-electron chi connectivity index (χ0n) is 33.8. The van der Waals surface area contributed by atoms with E-state index in [1.807, 2.05) is 30.3 Å². The van der Waals surface area contributed by atoms with E-state index in [-0.39, 0.29) is 0 Å². The number of hydrogen-bond acceptors (Lipinski definition) is 7. The van der Waals surface area contributed by atoms with Gasteiger partial charge in [-0.1, -0.05) is 66.7 Å². The molecule has 2 unspecified atom stereocenters. The van der Waals surface area contributed by atoms with Crippen molar-refractivity contribution >= 4 is 45.8 Å². The summed E-state index contributed by atoms with van der Waals surface area (Å²) in [5, 5.41) is 19.7. The number of nitrogens with zero attached hydrogens (tertiary/aromatic N) is 3. The normalized spacial score (nSPS) is 17.2. The van der Waals surface area contributed by atoms with E-state index < -0.39 is 11.8 Å². The van der Waals surface area contributed by atoms with Crippen molar-refractivity contribution in [2.75, 3.05) is 33.3 Å². The molecule has 0 aliphatic carbocycles. The van der Waals surface area contributed by atoms with Crippen LogP contribution in [-0.2, 0) is 22.6 Å². The van der Waals surface area contributed by atoms with Gasteiger partial charge < -0.3 is 14.3 Å². The van der Waals surface area contributed by atoms with Gasteiger partial charge >= 0.3 is 0 Å². The van der Waals surface area contributed by atoms with Gasteiger partial charge in [0.15, 0.2) is 0 Å². The van der Waals surface area contributed by atoms with E-state index in [9.17, 15) is 9.59 Å². The highest BCUT2D eigenvalue weighted by Crippen LogP contribution is 2.34. The molecule has 11 heteroatoms. The summed E-state index contributed by atoms with van der Waals surface area (Å²) < 4.78 is 7.76. The van der Waals surface area contributed by atoms with E-state index in [0.29, 0.717) is 12.1 Å². The van der Waals surface area contributed by atoms with Crippen LogP contribution in [0.3, 0.4) is 0 Å². The Balaban J connectivity index is 0.000000180. The highest BCUT2D eigenvalue weighted by molar-refractivity contribution is 5.91. The van der Waals surface area contributed by atoms with E-state index in [1.165, 1.54) is 70.1 Å². The molecule has 306 valence electrons. The van der Waals surface area contributed by atoms with E-state index in [2.05, 4.69) is 99.2 Å². The fraction of sp³-hybridized carbons (Fsp3) is 0.292. The predicted molar refractivity (Wildman–Crippen MR) is 233 cm³/mol. The van der Waals surface area contributed by atoms with Crippen LogP contribution in [0, 0.1) is 6.92 Å². The zero-order valence-corrected chi connectivity index (χ0v) is 33.8. The van der Waals surface area contributed by atoms with Crippen molar-refractivity contribution in [2.45, 2.75) is 57.7 Å². The molecule has 0 radical (unpaired) electrons. The topological polar surface area (TPSA) is 135 Å². The lowest BCUT2D eigenvalue weighted by molar-refractivity contribution is -0.124. The molecule has 0 spiro atoms. The van der Waals surface area contributed by atoms with Crippen molar-refractivity contribution in [2.24, 2.45) is 0 Å². The zero-order chi connectivity index (χ0) is 41.1. The number of fused-ring (bicyclic) bond motifs is 2. The number of H-pyrrole nitrogens is 1. The molecule has 4 heterocycles. The first-order valence-electron chi connectivity index (χ1n) is 20.4. The average molecular weight is 795 g/mol. The molecule has 5 N–H and O–H groups in total. The van der Waals surface area contributed by atoms with Crippen molar-refractivity contribution in [3.05, 3.63) is 149 Å². The maximum Gasteiger partial charge on any atom is 0.267 e. The minimum atomic E-state index is -0.531. The fourth-order valence-electron chi connectivity index (χ4n) is 8.66. The van der Waals surface area contributed by atoms with Crippen molar-refractivity contribution in [3.8, 4) is 5.75 Å². The lowest BCUT2D eigenvalue weighted by atomic mass is 10.0. The summed E-state index contributed by atoms with van der Waals surface area (Å²) in [5.74, 6) is -0.169. The first-order valence-corrected chi connectivity index (χ1v) is 20.4. The minimum Gasteiger partial charge on any atom is -0.497 e. The molecule has 2 saturated heterocycles. The number of carbonyl (C=O) groups is 2. The van der Waals surface area contributed by atoms with Gasteiger partial charge in [0, 0.05) is 72.2 Å². The van der Waals surface area contributed by atoms with Crippen LogP contribution in [0.25, 0.3) is 34.0 Å². The molecule has 2 atom stereocenters. The van der Waals surface area contributed by atoms with Crippen molar-refractivity contribution in [1.82, 2.24) is 30.3 Å². The van der Waals surface area contributed by atoms with Gasteiger partial charge in [0.1, 0.15) is 5.75 Å². The number of aromatic nitrogens is 2. The SMILES string of the molecule is COc1ccc2[nH]c(C)c(CCN3CCCC3c3ccc(C=CC(=O)NO)cc3)c2c1.O=C(C=Cc1ccc(C2CCCN2CCn2ccc3ccccc32)cc1)NO. The van der Waals surface area contributed by atoms with Crippen LogP contribution in [0.2, 0.25) is 0 Å². The van der Waals surface area contributed by atoms with E-state index >= 15 is 0 Å². The molecule has 2 amide bonds. The van der Waals surface area contributed by atoms with Crippen molar-refractivity contribution in [1.29, 1.82) is 0 Å². The van der Waals surface area contributed by atoms with E-state index in [4.69, 9.17) is 15.2 Å². The number of benzene rings is 4. The Morgan fingerprint density at radius 2 is 1.36 bits per heavy atom. The van der Waals surface area contributed by atoms with Crippen LogP contribution in [0.5, 0.6) is 5.75 Å². The number of rotatable bonds is 13. The number of methoxy groups -OCH3 is 1. The molecule has 11 nitrogen and oxygen atoms in total. The molecule has 2 aromatic heterocycles. The highest BCUT2D eigenvalue weighted by atomic mass is 16.5. The Bertz CT molecular complexity index is 2400. The Hall–Kier alpha value is -5.98. The molecular weight excluding hydrogens is 741 g/mol. The van der Waals surface area contributed by atoms with Crippen LogP contribution in [0.15, 0.2) is 115 Å². The third-order valence-electron chi connectivity index (χ3n) is 11.7. The molecular formula is C48H54N6O5. The van der Waals surface area contributed by atoms with Crippen LogP contribution >= 0.6 is 0 Å². The van der Waals surface area contributed by atoms with E-state index in [1.54, 1.807) is 30.2 Å². The number of hydroxylamine groups is 2. The second kappa shape index (κ2) is 19.6. The summed E-state index contributed by atoms with van der Waals surface area (Å²) in [4.78, 5) is 30.9. The van der Waals surface area contributed by atoms with Crippen molar-refractivity contribution in [3.63, 3.8) is 0 Å². The molecule has 4 aromatic carbocycles. The smallest absolute Gasteiger partial charge is 0.267 e. The maximum atomic E-state index is 11.2. The lowest BCUT2D eigenvalue weighted by Gasteiger charge is -2.25. The van der Waals surface area contributed by atoms with Gasteiger partial charge in [-0.3, -0.25) is 29.8 Å². The lowest BCUT2D eigenvalue weighted by Crippen LogP contribution is -2.27. The Kier molecular flexibility index (Phi) is 13.7. The van der Waals surface area contributed by atoms with Gasteiger partial charge in [0.05, 0.1) is 7.11 Å². The van der Waals surface area contributed by atoms with Crippen LogP contribution in [0.4, 0.5) is 0 Å². The summed E-state index contributed by atoms with van der Waals surface area (Å²) in [6, 6.07) is 34.4. The molecule has 0 bridgehead atoms. The number of ether oxygens (including phenoxy) is 1. The molecule has 2 aliphatic heterocycles. The number of nitrogens with one attached hydrogen (secondary N) is 3. The standard InChI is InChI=1S/C25H29N3O3.C23H25N3O2/c1-17-21(22-16-20(31-2)10-11-23(22)26-17)13-15-28-14-3-4-24(28)19-8-5-18(6-9-19)7-12-25(29)27-30;27-23(24-28)12-9-18-7-10-20(11-8-18)22-6-3-14-25(22)16-17-26-15-13-19-4-1-2-5-21(19)26/h5-12,16,24,26,30H,3-4,13-15H2,1-2H3,(H,27,29);1-2,4-5,7-13,15,22,28H,3,6,14,16-17H2,(H,24,27). The van der Waals surface area contributed by atoms with Crippen LogP contribution < -0.4 is 15.7 Å². The molecule has 6 aromatic rings. The summed E-state index contributed by atoms with van der Waals surface area (Å²) in [7, 11) is 1.71. The number of aryl methyl sites for hydroxylation is 1. The third-order valence-corrected chi connectivity index (χ3v) is 11.7. The second-order valence-corrected chi connectivity index (χ2v) is 15.3. The quantitative estimate of drug-likeness (QED) is 0.0451.